The zero-order chi connectivity index (χ0) is 11.8. The van der Waals surface area contributed by atoms with Crippen molar-refractivity contribution in [2.75, 3.05) is 16.8 Å². The van der Waals surface area contributed by atoms with Crippen molar-refractivity contribution in [3.8, 4) is 0 Å². The highest BCUT2D eigenvalue weighted by molar-refractivity contribution is 9.10. The van der Waals surface area contributed by atoms with Crippen molar-refractivity contribution < 1.29 is 4.79 Å². The Balaban J connectivity index is 2.32. The van der Waals surface area contributed by atoms with Crippen molar-refractivity contribution >= 4 is 39.3 Å². The molecule has 0 bridgehead atoms. The number of para-hydroxylation sites is 1. The standard InChI is InChI=1S/C12H16BrNOS/c1-2-3-8-16-9-12(15)14-11-7-5-4-6-10(11)13/h4-7H,2-3,8-9H2,1H3,(H,14,15). The Hall–Kier alpha value is -0.480. The van der Waals surface area contributed by atoms with Crippen LogP contribution in [-0.4, -0.2) is 17.4 Å². The van der Waals surface area contributed by atoms with Crippen molar-refractivity contribution in [1.29, 1.82) is 0 Å². The van der Waals surface area contributed by atoms with Gasteiger partial charge in [0.25, 0.3) is 0 Å². The molecule has 16 heavy (non-hydrogen) atoms. The van der Waals surface area contributed by atoms with Gasteiger partial charge in [0.1, 0.15) is 0 Å². The van der Waals surface area contributed by atoms with E-state index < -0.39 is 0 Å². The van der Waals surface area contributed by atoms with E-state index in [0.717, 1.165) is 15.9 Å². The predicted molar refractivity (Wildman–Crippen MR) is 75.0 cm³/mol. The van der Waals surface area contributed by atoms with Crippen LogP contribution in [0.15, 0.2) is 28.7 Å². The van der Waals surface area contributed by atoms with Crippen LogP contribution in [0.1, 0.15) is 19.8 Å². The van der Waals surface area contributed by atoms with Crippen molar-refractivity contribution in [2.24, 2.45) is 0 Å². The molecule has 0 aliphatic rings. The molecular weight excluding hydrogens is 286 g/mol. The van der Waals surface area contributed by atoms with Gasteiger partial charge in [-0.05, 0) is 40.2 Å². The number of hydrogen-bond donors (Lipinski definition) is 1. The van der Waals surface area contributed by atoms with E-state index in [1.165, 1.54) is 12.8 Å². The summed E-state index contributed by atoms with van der Waals surface area (Å²) in [7, 11) is 0. The Morgan fingerprint density at radius 2 is 2.19 bits per heavy atom. The molecule has 0 spiro atoms. The van der Waals surface area contributed by atoms with Gasteiger partial charge in [0, 0.05) is 4.47 Å². The van der Waals surface area contributed by atoms with Crippen molar-refractivity contribution in [1.82, 2.24) is 0 Å². The fourth-order valence-corrected chi connectivity index (χ4v) is 2.44. The van der Waals surface area contributed by atoms with Crippen molar-refractivity contribution in [3.05, 3.63) is 28.7 Å². The Morgan fingerprint density at radius 1 is 1.44 bits per heavy atom. The second-order valence-electron chi connectivity index (χ2n) is 3.43. The number of carbonyl (C=O) groups is 1. The summed E-state index contributed by atoms with van der Waals surface area (Å²) >= 11 is 5.08. The smallest absolute Gasteiger partial charge is 0.234 e. The van der Waals surface area contributed by atoms with Crippen LogP contribution in [0.2, 0.25) is 0 Å². The number of benzene rings is 1. The zero-order valence-electron chi connectivity index (χ0n) is 9.33. The molecule has 0 aromatic heterocycles. The second-order valence-corrected chi connectivity index (χ2v) is 5.39. The van der Waals surface area contributed by atoms with E-state index in [-0.39, 0.29) is 5.91 Å². The molecule has 0 saturated heterocycles. The van der Waals surface area contributed by atoms with Gasteiger partial charge in [-0.1, -0.05) is 25.5 Å². The molecule has 4 heteroatoms. The molecule has 0 fully saturated rings. The van der Waals surface area contributed by atoms with Gasteiger partial charge in [-0.15, -0.1) is 0 Å². The average molecular weight is 302 g/mol. The minimum atomic E-state index is 0.0630. The third kappa shape index (κ3) is 5.03. The molecule has 0 aliphatic carbocycles. The Labute approximate surface area is 109 Å². The number of rotatable bonds is 6. The van der Waals surface area contributed by atoms with E-state index in [1.54, 1.807) is 11.8 Å². The number of amides is 1. The van der Waals surface area contributed by atoms with Crippen LogP contribution in [-0.2, 0) is 4.79 Å². The van der Waals surface area contributed by atoms with Gasteiger partial charge in [-0.2, -0.15) is 11.8 Å². The normalized spacial score (nSPS) is 10.1. The van der Waals surface area contributed by atoms with Gasteiger partial charge >= 0.3 is 0 Å². The van der Waals surface area contributed by atoms with Crippen LogP contribution in [0, 0.1) is 0 Å². The van der Waals surface area contributed by atoms with Gasteiger partial charge in [0.2, 0.25) is 5.91 Å². The van der Waals surface area contributed by atoms with E-state index in [9.17, 15) is 4.79 Å². The Morgan fingerprint density at radius 3 is 2.88 bits per heavy atom. The largest absolute Gasteiger partial charge is 0.324 e. The van der Waals surface area contributed by atoms with Crippen LogP contribution in [0.3, 0.4) is 0 Å². The molecule has 0 heterocycles. The molecule has 0 aliphatic heterocycles. The summed E-state index contributed by atoms with van der Waals surface area (Å²) in [5.74, 6) is 1.65. The fourth-order valence-electron chi connectivity index (χ4n) is 1.16. The lowest BCUT2D eigenvalue weighted by Crippen LogP contribution is -2.14. The highest BCUT2D eigenvalue weighted by Crippen LogP contribution is 2.21. The lowest BCUT2D eigenvalue weighted by atomic mass is 10.3. The number of nitrogens with one attached hydrogen (secondary N) is 1. The van der Waals surface area contributed by atoms with E-state index in [2.05, 4.69) is 28.2 Å². The summed E-state index contributed by atoms with van der Waals surface area (Å²) in [5.41, 5.74) is 0.837. The summed E-state index contributed by atoms with van der Waals surface area (Å²) in [6.07, 6.45) is 2.35. The van der Waals surface area contributed by atoms with Crippen LogP contribution in [0.25, 0.3) is 0 Å². The lowest BCUT2D eigenvalue weighted by molar-refractivity contribution is -0.113. The van der Waals surface area contributed by atoms with E-state index in [0.29, 0.717) is 5.75 Å². The topological polar surface area (TPSA) is 29.1 Å². The monoisotopic (exact) mass is 301 g/mol. The molecule has 1 aromatic carbocycles. The van der Waals surface area contributed by atoms with Crippen LogP contribution < -0.4 is 5.32 Å². The summed E-state index contributed by atoms with van der Waals surface area (Å²) in [6.45, 7) is 2.15. The molecule has 88 valence electrons. The third-order valence-electron chi connectivity index (χ3n) is 2.02. The first kappa shape index (κ1) is 13.6. The van der Waals surface area contributed by atoms with Crippen molar-refractivity contribution in [2.45, 2.75) is 19.8 Å². The number of carbonyl (C=O) groups excluding carboxylic acids is 1. The first-order valence-electron chi connectivity index (χ1n) is 5.36. The Kier molecular flexibility index (Phi) is 6.57. The van der Waals surface area contributed by atoms with E-state index in [4.69, 9.17) is 0 Å². The summed E-state index contributed by atoms with van der Waals surface area (Å²) in [4.78, 5) is 11.6. The Bertz CT molecular complexity index is 344. The second kappa shape index (κ2) is 7.74. The molecule has 0 radical (unpaired) electrons. The maximum Gasteiger partial charge on any atom is 0.234 e. The molecule has 1 amide bonds. The van der Waals surface area contributed by atoms with Crippen LogP contribution >= 0.6 is 27.7 Å². The van der Waals surface area contributed by atoms with E-state index >= 15 is 0 Å². The van der Waals surface area contributed by atoms with Gasteiger partial charge in [-0.3, -0.25) is 4.79 Å². The van der Waals surface area contributed by atoms with Gasteiger partial charge in [0.15, 0.2) is 0 Å². The number of thioether (sulfide) groups is 1. The average Bonchev–Trinajstić information content (AvgIpc) is 2.28. The molecule has 0 unspecified atom stereocenters. The molecule has 1 rings (SSSR count). The van der Waals surface area contributed by atoms with E-state index in [1.807, 2.05) is 24.3 Å². The highest BCUT2D eigenvalue weighted by atomic mass is 79.9. The molecule has 0 atom stereocenters. The van der Waals surface area contributed by atoms with Gasteiger partial charge < -0.3 is 5.32 Å². The fraction of sp³-hybridized carbons (Fsp3) is 0.417. The molecular formula is C12H16BrNOS. The minimum Gasteiger partial charge on any atom is -0.324 e. The molecule has 2 nitrogen and oxygen atoms in total. The maximum absolute atomic E-state index is 11.6. The molecule has 1 N–H and O–H groups in total. The number of anilines is 1. The summed E-state index contributed by atoms with van der Waals surface area (Å²) < 4.78 is 0.918. The SMILES string of the molecule is CCCCSCC(=O)Nc1ccccc1Br. The number of halogens is 1. The highest BCUT2D eigenvalue weighted by Gasteiger charge is 2.04. The van der Waals surface area contributed by atoms with Crippen molar-refractivity contribution in [3.63, 3.8) is 0 Å². The summed E-state index contributed by atoms with van der Waals surface area (Å²) in [6, 6.07) is 7.64. The molecule has 0 saturated carbocycles. The number of hydrogen-bond acceptors (Lipinski definition) is 2. The zero-order valence-corrected chi connectivity index (χ0v) is 11.7. The van der Waals surface area contributed by atoms with Gasteiger partial charge in [-0.25, -0.2) is 0 Å². The quantitative estimate of drug-likeness (QED) is 0.807. The van der Waals surface area contributed by atoms with Crippen LogP contribution in [0.5, 0.6) is 0 Å². The van der Waals surface area contributed by atoms with Crippen LogP contribution in [0.4, 0.5) is 5.69 Å². The number of unbranched alkanes of at least 4 members (excludes halogenated alkanes) is 1. The first-order chi connectivity index (χ1) is 7.74. The van der Waals surface area contributed by atoms with Gasteiger partial charge in [0.05, 0.1) is 11.4 Å². The third-order valence-corrected chi connectivity index (χ3v) is 3.76. The first-order valence-corrected chi connectivity index (χ1v) is 7.31. The lowest BCUT2D eigenvalue weighted by Gasteiger charge is -2.06. The minimum absolute atomic E-state index is 0.0630. The molecule has 1 aromatic rings. The summed E-state index contributed by atoms with van der Waals surface area (Å²) in [5, 5.41) is 2.88. The maximum atomic E-state index is 11.6. The predicted octanol–water partition coefficient (Wildman–Crippen LogP) is 3.92.